The van der Waals surface area contributed by atoms with E-state index in [4.69, 9.17) is 5.73 Å². The van der Waals surface area contributed by atoms with Gasteiger partial charge < -0.3 is 10.8 Å². The van der Waals surface area contributed by atoms with Crippen molar-refractivity contribution in [2.24, 2.45) is 17.6 Å². The fraction of sp³-hybridized carbons (Fsp3) is 0.667. The van der Waals surface area contributed by atoms with E-state index >= 15 is 0 Å². The number of pyridine rings is 1. The molecule has 2 aliphatic rings. The van der Waals surface area contributed by atoms with Crippen molar-refractivity contribution >= 4 is 0 Å². The highest BCUT2D eigenvalue weighted by Gasteiger charge is 2.38. The molecule has 0 aromatic carbocycles. The minimum Gasteiger partial charge on any atom is -0.506 e. The average Bonchev–Trinajstić information content (AvgIpc) is 2.78. The third-order valence-electron chi connectivity index (χ3n) is 4.69. The van der Waals surface area contributed by atoms with Crippen molar-refractivity contribution < 1.29 is 5.11 Å². The Balaban J connectivity index is 1.70. The van der Waals surface area contributed by atoms with E-state index < -0.39 is 0 Å². The lowest BCUT2D eigenvalue weighted by Crippen LogP contribution is -2.38. The molecule has 104 valence electrons. The molecule has 4 nitrogen and oxygen atoms in total. The molecular formula is C15H23N3O. The smallest absolute Gasteiger partial charge is 0.138 e. The number of aromatic nitrogens is 1. The van der Waals surface area contributed by atoms with Crippen LogP contribution in [0.2, 0.25) is 0 Å². The first kappa shape index (κ1) is 12.9. The summed E-state index contributed by atoms with van der Waals surface area (Å²) in [5.41, 5.74) is 8.00. The number of hydrogen-bond acceptors (Lipinski definition) is 4. The average molecular weight is 261 g/mol. The van der Waals surface area contributed by atoms with Crippen LogP contribution in [-0.4, -0.2) is 34.1 Å². The molecule has 2 fully saturated rings. The van der Waals surface area contributed by atoms with Crippen molar-refractivity contribution in [2.45, 2.75) is 38.8 Å². The van der Waals surface area contributed by atoms with Gasteiger partial charge in [0.15, 0.2) is 0 Å². The van der Waals surface area contributed by atoms with Crippen molar-refractivity contribution in [1.29, 1.82) is 0 Å². The topological polar surface area (TPSA) is 62.4 Å². The van der Waals surface area contributed by atoms with E-state index in [1.54, 1.807) is 6.07 Å². The van der Waals surface area contributed by atoms with Crippen molar-refractivity contribution in [3.8, 4) is 5.75 Å². The van der Waals surface area contributed by atoms with Crippen LogP contribution in [0.25, 0.3) is 0 Å². The Hall–Kier alpha value is -1.13. The second-order valence-corrected chi connectivity index (χ2v) is 6.13. The summed E-state index contributed by atoms with van der Waals surface area (Å²) in [5.74, 6) is 1.70. The SMILES string of the molecule is Cc1ccc(O)c(CN2CC3CCCC(N)C3C2)n1. The largest absolute Gasteiger partial charge is 0.506 e. The maximum absolute atomic E-state index is 9.89. The Kier molecular flexibility index (Phi) is 3.46. The van der Waals surface area contributed by atoms with Gasteiger partial charge in [0.05, 0.1) is 5.69 Å². The molecule has 3 N–H and O–H groups in total. The summed E-state index contributed by atoms with van der Waals surface area (Å²) in [4.78, 5) is 6.85. The van der Waals surface area contributed by atoms with Crippen LogP contribution in [0.5, 0.6) is 5.75 Å². The zero-order valence-corrected chi connectivity index (χ0v) is 11.5. The van der Waals surface area contributed by atoms with E-state index in [1.807, 2.05) is 13.0 Å². The van der Waals surface area contributed by atoms with Crippen LogP contribution in [0.15, 0.2) is 12.1 Å². The fourth-order valence-corrected chi connectivity index (χ4v) is 3.67. The first-order valence-corrected chi connectivity index (χ1v) is 7.27. The van der Waals surface area contributed by atoms with E-state index in [-0.39, 0.29) is 0 Å². The van der Waals surface area contributed by atoms with Gasteiger partial charge in [-0.05, 0) is 43.7 Å². The van der Waals surface area contributed by atoms with Crippen LogP contribution >= 0.6 is 0 Å². The molecule has 19 heavy (non-hydrogen) atoms. The van der Waals surface area contributed by atoms with Crippen molar-refractivity contribution in [3.63, 3.8) is 0 Å². The molecular weight excluding hydrogens is 238 g/mol. The summed E-state index contributed by atoms with van der Waals surface area (Å²) in [6, 6.07) is 3.95. The highest BCUT2D eigenvalue weighted by Crippen LogP contribution is 2.36. The van der Waals surface area contributed by atoms with Crippen LogP contribution < -0.4 is 5.73 Å². The predicted octanol–water partition coefficient (Wildman–Crippen LogP) is 1.65. The number of nitrogens with two attached hydrogens (primary N) is 1. The van der Waals surface area contributed by atoms with E-state index in [2.05, 4.69) is 9.88 Å². The fourth-order valence-electron chi connectivity index (χ4n) is 3.67. The van der Waals surface area contributed by atoms with Crippen molar-refractivity contribution in [2.75, 3.05) is 13.1 Å². The van der Waals surface area contributed by atoms with Crippen LogP contribution in [0.4, 0.5) is 0 Å². The Morgan fingerprint density at radius 1 is 1.37 bits per heavy atom. The zero-order chi connectivity index (χ0) is 13.4. The van der Waals surface area contributed by atoms with Gasteiger partial charge in [0.25, 0.3) is 0 Å². The molecule has 1 saturated heterocycles. The van der Waals surface area contributed by atoms with Gasteiger partial charge >= 0.3 is 0 Å². The van der Waals surface area contributed by atoms with Gasteiger partial charge in [-0.25, -0.2) is 0 Å². The number of aryl methyl sites for hydroxylation is 1. The van der Waals surface area contributed by atoms with Crippen LogP contribution in [0, 0.1) is 18.8 Å². The maximum atomic E-state index is 9.89. The van der Waals surface area contributed by atoms with Gasteiger partial charge in [-0.1, -0.05) is 6.42 Å². The van der Waals surface area contributed by atoms with E-state index in [0.717, 1.165) is 36.9 Å². The molecule has 1 aromatic rings. The number of fused-ring (bicyclic) bond motifs is 1. The van der Waals surface area contributed by atoms with Crippen LogP contribution in [0.3, 0.4) is 0 Å². The van der Waals surface area contributed by atoms with Gasteiger partial charge in [0.1, 0.15) is 5.75 Å². The molecule has 2 heterocycles. The minimum absolute atomic E-state index is 0.310. The summed E-state index contributed by atoms with van der Waals surface area (Å²) in [6.07, 6.45) is 3.75. The molecule has 0 amide bonds. The second kappa shape index (κ2) is 5.10. The van der Waals surface area contributed by atoms with E-state index in [0.29, 0.717) is 17.7 Å². The Morgan fingerprint density at radius 3 is 3.00 bits per heavy atom. The Morgan fingerprint density at radius 2 is 2.21 bits per heavy atom. The lowest BCUT2D eigenvalue weighted by atomic mass is 9.78. The minimum atomic E-state index is 0.310. The molecule has 3 unspecified atom stereocenters. The summed E-state index contributed by atoms with van der Waals surface area (Å²) < 4.78 is 0. The number of likely N-dealkylation sites (tertiary alicyclic amines) is 1. The lowest BCUT2D eigenvalue weighted by molar-refractivity contribution is 0.259. The number of nitrogens with zero attached hydrogens (tertiary/aromatic N) is 2. The Bertz CT molecular complexity index is 463. The number of rotatable bonds is 2. The second-order valence-electron chi connectivity index (χ2n) is 6.13. The monoisotopic (exact) mass is 261 g/mol. The third kappa shape index (κ3) is 2.60. The van der Waals surface area contributed by atoms with Crippen LogP contribution in [0.1, 0.15) is 30.7 Å². The summed E-state index contributed by atoms with van der Waals surface area (Å²) in [6.45, 7) is 4.87. The highest BCUT2D eigenvalue weighted by molar-refractivity contribution is 5.27. The Labute approximate surface area is 114 Å². The molecule has 1 aromatic heterocycles. The number of aromatic hydroxyl groups is 1. The summed E-state index contributed by atoms with van der Waals surface area (Å²) >= 11 is 0. The van der Waals surface area contributed by atoms with Crippen molar-refractivity contribution in [3.05, 3.63) is 23.5 Å². The molecule has 1 aliphatic heterocycles. The van der Waals surface area contributed by atoms with Gasteiger partial charge in [0.2, 0.25) is 0 Å². The zero-order valence-electron chi connectivity index (χ0n) is 11.5. The van der Waals surface area contributed by atoms with Gasteiger partial charge in [-0.3, -0.25) is 9.88 Å². The maximum Gasteiger partial charge on any atom is 0.138 e. The lowest BCUT2D eigenvalue weighted by Gasteiger charge is -2.29. The van der Waals surface area contributed by atoms with Gasteiger partial charge in [-0.15, -0.1) is 0 Å². The third-order valence-corrected chi connectivity index (χ3v) is 4.69. The molecule has 3 rings (SSSR count). The van der Waals surface area contributed by atoms with E-state index in [1.165, 1.54) is 19.3 Å². The highest BCUT2D eigenvalue weighted by atomic mass is 16.3. The van der Waals surface area contributed by atoms with Crippen LogP contribution in [-0.2, 0) is 6.54 Å². The first-order chi connectivity index (χ1) is 9.13. The normalized spacial score (nSPS) is 31.4. The number of hydrogen-bond donors (Lipinski definition) is 2. The molecule has 0 bridgehead atoms. The van der Waals surface area contributed by atoms with Crippen molar-refractivity contribution in [1.82, 2.24) is 9.88 Å². The summed E-state index contributed by atoms with van der Waals surface area (Å²) in [5, 5.41) is 9.89. The predicted molar refractivity (Wildman–Crippen MR) is 74.7 cm³/mol. The molecule has 4 heteroatoms. The summed E-state index contributed by atoms with van der Waals surface area (Å²) in [7, 11) is 0. The molecule has 0 spiro atoms. The van der Waals surface area contributed by atoms with Gasteiger partial charge in [-0.2, -0.15) is 0 Å². The first-order valence-electron chi connectivity index (χ1n) is 7.27. The molecule has 0 radical (unpaired) electrons. The molecule has 1 saturated carbocycles. The molecule has 3 atom stereocenters. The molecule has 1 aliphatic carbocycles. The quantitative estimate of drug-likeness (QED) is 0.850. The van der Waals surface area contributed by atoms with E-state index in [9.17, 15) is 5.11 Å². The standard InChI is InChI=1S/C15H23N3O/c1-10-5-6-15(19)14(17-10)9-18-7-11-3-2-4-13(16)12(11)8-18/h5-6,11-13,19H,2-4,7-9,16H2,1H3. The van der Waals surface area contributed by atoms with Gasteiger partial charge in [0, 0.05) is 31.4 Å².